The lowest BCUT2D eigenvalue weighted by Gasteiger charge is -2.39. The van der Waals surface area contributed by atoms with Crippen molar-refractivity contribution in [3.63, 3.8) is 0 Å². The second-order valence-corrected chi connectivity index (χ2v) is 3.97. The third kappa shape index (κ3) is 1.36. The lowest BCUT2D eigenvalue weighted by molar-refractivity contribution is -0.0572. The highest BCUT2D eigenvalue weighted by Crippen LogP contribution is 2.29. The van der Waals surface area contributed by atoms with Gasteiger partial charge in [-0.05, 0) is 25.0 Å². The number of benzene rings is 1. The molecule has 1 aliphatic heterocycles. The van der Waals surface area contributed by atoms with Crippen molar-refractivity contribution in [1.82, 2.24) is 0 Å². The fourth-order valence-corrected chi connectivity index (χ4v) is 1.75. The van der Waals surface area contributed by atoms with Crippen LogP contribution in [-0.2, 0) is 10.3 Å². The van der Waals surface area contributed by atoms with Crippen molar-refractivity contribution in [2.24, 2.45) is 5.73 Å². The molecule has 1 aromatic rings. The Kier molecular flexibility index (Phi) is 1.90. The van der Waals surface area contributed by atoms with Gasteiger partial charge in [-0.15, -0.1) is 0 Å². The van der Waals surface area contributed by atoms with Gasteiger partial charge < -0.3 is 10.5 Å². The fourth-order valence-electron chi connectivity index (χ4n) is 1.75. The summed E-state index contributed by atoms with van der Waals surface area (Å²) in [7, 11) is 0. The van der Waals surface area contributed by atoms with Gasteiger partial charge in [0.05, 0.1) is 18.8 Å². The number of nitrogens with two attached hydrogens (primary N) is 1. The molecule has 1 fully saturated rings. The first kappa shape index (κ1) is 8.73. The third-order valence-corrected chi connectivity index (χ3v) is 2.65. The van der Waals surface area contributed by atoms with Crippen molar-refractivity contribution in [1.29, 1.82) is 0 Å². The number of ether oxygens (including phenoxy) is 1. The molecule has 0 saturated carbocycles. The molecule has 0 bridgehead atoms. The van der Waals surface area contributed by atoms with E-state index in [0.717, 1.165) is 0 Å². The molecule has 0 unspecified atom stereocenters. The lowest BCUT2D eigenvalue weighted by Crippen LogP contribution is -2.54. The standard InChI is InChI=1S/C11H15NO/c1-8-3-4-9(2)10(5-8)11(12)6-13-7-11/h3-5H,6-7,12H2,1-2H3. The SMILES string of the molecule is Cc1ccc(C)c(C2(N)COC2)c1. The van der Waals surface area contributed by atoms with Crippen LogP contribution in [0.1, 0.15) is 16.7 Å². The Balaban J connectivity index is 2.43. The highest BCUT2D eigenvalue weighted by atomic mass is 16.5. The third-order valence-electron chi connectivity index (χ3n) is 2.65. The zero-order valence-corrected chi connectivity index (χ0v) is 8.13. The maximum atomic E-state index is 6.17. The molecule has 2 heteroatoms. The van der Waals surface area contributed by atoms with E-state index in [1.165, 1.54) is 16.7 Å². The normalized spacial score (nSPS) is 19.6. The second-order valence-electron chi connectivity index (χ2n) is 3.97. The zero-order chi connectivity index (χ0) is 9.47. The van der Waals surface area contributed by atoms with Gasteiger partial charge in [-0.2, -0.15) is 0 Å². The van der Waals surface area contributed by atoms with Gasteiger partial charge in [-0.3, -0.25) is 0 Å². The van der Waals surface area contributed by atoms with Crippen molar-refractivity contribution in [2.45, 2.75) is 19.4 Å². The van der Waals surface area contributed by atoms with E-state index >= 15 is 0 Å². The number of rotatable bonds is 1. The first-order valence-electron chi connectivity index (χ1n) is 4.56. The predicted molar refractivity (Wildman–Crippen MR) is 52.6 cm³/mol. The lowest BCUT2D eigenvalue weighted by atomic mass is 9.85. The molecule has 2 N–H and O–H groups in total. The molecule has 1 aliphatic rings. The van der Waals surface area contributed by atoms with E-state index in [-0.39, 0.29) is 5.54 Å². The molecular weight excluding hydrogens is 162 g/mol. The van der Waals surface area contributed by atoms with Crippen molar-refractivity contribution in [2.75, 3.05) is 13.2 Å². The molecule has 0 atom stereocenters. The molecule has 0 radical (unpaired) electrons. The fraction of sp³-hybridized carbons (Fsp3) is 0.455. The summed E-state index contributed by atoms with van der Waals surface area (Å²) in [4.78, 5) is 0. The minimum Gasteiger partial charge on any atom is -0.377 e. The largest absolute Gasteiger partial charge is 0.377 e. The van der Waals surface area contributed by atoms with Crippen molar-refractivity contribution in [3.8, 4) is 0 Å². The summed E-state index contributed by atoms with van der Waals surface area (Å²) in [6, 6.07) is 6.40. The van der Waals surface area contributed by atoms with E-state index in [1.54, 1.807) is 0 Å². The minimum atomic E-state index is -0.226. The van der Waals surface area contributed by atoms with Gasteiger partial charge >= 0.3 is 0 Å². The van der Waals surface area contributed by atoms with E-state index in [2.05, 4.69) is 32.0 Å². The Hall–Kier alpha value is -0.860. The van der Waals surface area contributed by atoms with E-state index in [1.807, 2.05) is 0 Å². The van der Waals surface area contributed by atoms with Crippen LogP contribution >= 0.6 is 0 Å². The summed E-state index contributed by atoms with van der Waals surface area (Å²) in [6.07, 6.45) is 0. The van der Waals surface area contributed by atoms with Gasteiger partial charge in [0.15, 0.2) is 0 Å². The van der Waals surface area contributed by atoms with Gasteiger partial charge in [-0.25, -0.2) is 0 Å². The van der Waals surface area contributed by atoms with E-state index in [4.69, 9.17) is 10.5 Å². The molecule has 0 spiro atoms. The highest BCUT2D eigenvalue weighted by molar-refractivity contribution is 5.37. The summed E-state index contributed by atoms with van der Waals surface area (Å²) in [5.74, 6) is 0. The summed E-state index contributed by atoms with van der Waals surface area (Å²) >= 11 is 0. The molecule has 13 heavy (non-hydrogen) atoms. The molecule has 2 nitrogen and oxygen atoms in total. The van der Waals surface area contributed by atoms with Crippen molar-refractivity contribution < 1.29 is 4.74 Å². The van der Waals surface area contributed by atoms with Gasteiger partial charge in [0.1, 0.15) is 0 Å². The minimum absolute atomic E-state index is 0.226. The molecule has 0 aliphatic carbocycles. The molecule has 1 aromatic carbocycles. The van der Waals surface area contributed by atoms with E-state index in [0.29, 0.717) is 13.2 Å². The highest BCUT2D eigenvalue weighted by Gasteiger charge is 2.36. The molecule has 0 aromatic heterocycles. The average Bonchev–Trinajstić information content (AvgIpc) is 2.05. The van der Waals surface area contributed by atoms with Gasteiger partial charge in [-0.1, -0.05) is 23.8 Å². The maximum absolute atomic E-state index is 6.17. The smallest absolute Gasteiger partial charge is 0.0886 e. The average molecular weight is 177 g/mol. The van der Waals surface area contributed by atoms with Gasteiger partial charge in [0.2, 0.25) is 0 Å². The second kappa shape index (κ2) is 2.82. The van der Waals surface area contributed by atoms with E-state index in [9.17, 15) is 0 Å². The maximum Gasteiger partial charge on any atom is 0.0886 e. The van der Waals surface area contributed by atoms with Crippen LogP contribution in [-0.4, -0.2) is 13.2 Å². The summed E-state index contributed by atoms with van der Waals surface area (Å²) in [5.41, 5.74) is 9.70. The Bertz CT molecular complexity index is 329. The topological polar surface area (TPSA) is 35.2 Å². The van der Waals surface area contributed by atoms with Crippen LogP contribution in [0.25, 0.3) is 0 Å². The molecular formula is C11H15NO. The monoisotopic (exact) mass is 177 g/mol. The Morgan fingerprint density at radius 3 is 2.54 bits per heavy atom. The Morgan fingerprint density at radius 2 is 2.00 bits per heavy atom. The van der Waals surface area contributed by atoms with Crippen LogP contribution < -0.4 is 5.73 Å². The van der Waals surface area contributed by atoms with Crippen LogP contribution in [0.4, 0.5) is 0 Å². The first-order chi connectivity index (χ1) is 6.12. The number of aryl methyl sites for hydroxylation is 2. The predicted octanol–water partition coefficient (Wildman–Crippen LogP) is 1.49. The number of hydrogen-bond donors (Lipinski definition) is 1. The van der Waals surface area contributed by atoms with Gasteiger partial charge in [0, 0.05) is 0 Å². The Labute approximate surface area is 78.7 Å². The molecule has 1 heterocycles. The van der Waals surface area contributed by atoms with Crippen molar-refractivity contribution in [3.05, 3.63) is 34.9 Å². The zero-order valence-electron chi connectivity index (χ0n) is 8.13. The van der Waals surface area contributed by atoms with Crippen LogP contribution in [0.15, 0.2) is 18.2 Å². The summed E-state index contributed by atoms with van der Waals surface area (Å²) < 4.78 is 5.16. The number of hydrogen-bond acceptors (Lipinski definition) is 2. The van der Waals surface area contributed by atoms with Crippen LogP contribution in [0.2, 0.25) is 0 Å². The van der Waals surface area contributed by atoms with Gasteiger partial charge in [0.25, 0.3) is 0 Å². The van der Waals surface area contributed by atoms with Crippen LogP contribution in [0, 0.1) is 13.8 Å². The molecule has 0 amide bonds. The first-order valence-corrected chi connectivity index (χ1v) is 4.56. The van der Waals surface area contributed by atoms with E-state index < -0.39 is 0 Å². The van der Waals surface area contributed by atoms with Crippen molar-refractivity contribution >= 4 is 0 Å². The molecule has 70 valence electrons. The summed E-state index contributed by atoms with van der Waals surface area (Å²) in [5, 5.41) is 0. The quantitative estimate of drug-likeness (QED) is 0.705. The van der Waals surface area contributed by atoms with Crippen LogP contribution in [0.3, 0.4) is 0 Å². The Morgan fingerprint density at radius 1 is 1.31 bits per heavy atom. The molecule has 2 rings (SSSR count). The summed E-state index contributed by atoms with van der Waals surface area (Å²) in [6.45, 7) is 5.49. The molecule has 1 saturated heterocycles. The van der Waals surface area contributed by atoms with Crippen LogP contribution in [0.5, 0.6) is 0 Å².